The molecule has 0 aliphatic rings. The molecule has 0 fully saturated rings. The molecule has 1 N–H and O–H groups in total. The normalized spacial score (nSPS) is 13.0. The minimum atomic E-state index is -3.06. The first-order valence-electron chi connectivity index (χ1n) is 5.41. The molecule has 0 saturated heterocycles. The lowest BCUT2D eigenvalue weighted by Gasteiger charge is -2.13. The lowest BCUT2D eigenvalue weighted by molar-refractivity contribution is 0.542. The van der Waals surface area contributed by atoms with E-state index >= 15 is 0 Å². The molecule has 4 nitrogen and oxygen atoms in total. The molecule has 0 spiro atoms. The summed E-state index contributed by atoms with van der Waals surface area (Å²) in [5.41, 5.74) is 0.735. The summed E-state index contributed by atoms with van der Waals surface area (Å²) < 4.78 is 35.6. The van der Waals surface area contributed by atoms with Crippen LogP contribution in [0.5, 0.6) is 0 Å². The average Bonchev–Trinajstić information content (AvgIpc) is 2.25. The Morgan fingerprint density at radius 1 is 1.50 bits per heavy atom. The van der Waals surface area contributed by atoms with E-state index in [4.69, 9.17) is 5.26 Å². The summed E-state index contributed by atoms with van der Waals surface area (Å²) in [6, 6.07) is 5.75. The van der Waals surface area contributed by atoms with Crippen molar-refractivity contribution < 1.29 is 12.8 Å². The van der Waals surface area contributed by atoms with Crippen LogP contribution in [0.25, 0.3) is 0 Å². The molecule has 1 aromatic rings. The molecule has 0 amide bonds. The number of hydrogen-bond donors (Lipinski definition) is 1. The van der Waals surface area contributed by atoms with Crippen LogP contribution in [0.15, 0.2) is 18.2 Å². The van der Waals surface area contributed by atoms with Gasteiger partial charge in [-0.2, -0.15) is 5.26 Å². The minimum Gasteiger partial charge on any atom is -0.309 e. The maximum Gasteiger partial charge on any atom is 0.148 e. The highest BCUT2D eigenvalue weighted by atomic mass is 32.2. The van der Waals surface area contributed by atoms with Gasteiger partial charge in [0.15, 0.2) is 0 Å². The van der Waals surface area contributed by atoms with Crippen LogP contribution >= 0.6 is 0 Å². The van der Waals surface area contributed by atoms with Gasteiger partial charge >= 0.3 is 0 Å². The highest BCUT2D eigenvalue weighted by Crippen LogP contribution is 2.10. The van der Waals surface area contributed by atoms with Gasteiger partial charge in [-0.3, -0.25) is 0 Å². The van der Waals surface area contributed by atoms with Crippen molar-refractivity contribution >= 4 is 9.84 Å². The van der Waals surface area contributed by atoms with Crippen molar-refractivity contribution in [1.82, 2.24) is 5.32 Å². The van der Waals surface area contributed by atoms with Gasteiger partial charge in [-0.15, -0.1) is 0 Å². The summed E-state index contributed by atoms with van der Waals surface area (Å²) in [6.45, 7) is 1.91. The second-order valence-corrected chi connectivity index (χ2v) is 6.48. The Labute approximate surface area is 106 Å². The third kappa shape index (κ3) is 4.82. The molecule has 1 unspecified atom stereocenters. The molecule has 1 atom stereocenters. The van der Waals surface area contributed by atoms with Gasteiger partial charge in [-0.1, -0.05) is 0 Å². The van der Waals surface area contributed by atoms with Gasteiger partial charge in [0.1, 0.15) is 15.7 Å². The van der Waals surface area contributed by atoms with Crippen molar-refractivity contribution in [3.63, 3.8) is 0 Å². The van der Waals surface area contributed by atoms with Gasteiger partial charge < -0.3 is 5.32 Å². The summed E-state index contributed by atoms with van der Waals surface area (Å²) in [5.74, 6) is -0.417. The number of nitrogens with zero attached hydrogens (tertiary/aromatic N) is 1. The molecule has 6 heteroatoms. The zero-order valence-corrected chi connectivity index (χ0v) is 11.1. The Morgan fingerprint density at radius 3 is 2.72 bits per heavy atom. The Balaban J connectivity index is 2.66. The molecular formula is C12H15FN2O2S. The lowest BCUT2D eigenvalue weighted by Crippen LogP contribution is -2.32. The molecule has 0 heterocycles. The fourth-order valence-corrected chi connectivity index (χ4v) is 2.60. The van der Waals surface area contributed by atoms with E-state index in [0.717, 1.165) is 6.26 Å². The van der Waals surface area contributed by atoms with Crippen molar-refractivity contribution in [1.29, 1.82) is 5.26 Å². The molecule has 98 valence electrons. The van der Waals surface area contributed by atoms with E-state index in [1.165, 1.54) is 18.2 Å². The molecule has 1 aromatic carbocycles. The van der Waals surface area contributed by atoms with E-state index in [1.807, 2.05) is 6.07 Å². The zero-order valence-electron chi connectivity index (χ0n) is 10.3. The van der Waals surface area contributed by atoms with E-state index < -0.39 is 15.7 Å². The average molecular weight is 270 g/mol. The predicted octanol–water partition coefficient (Wildman–Crippen LogP) is 1.22. The van der Waals surface area contributed by atoms with Crippen molar-refractivity contribution in [2.24, 2.45) is 0 Å². The van der Waals surface area contributed by atoms with Crippen LogP contribution in [0.2, 0.25) is 0 Å². The quantitative estimate of drug-likeness (QED) is 0.873. The standard InChI is InChI=1S/C12H15FN2O2S/c1-9(8-18(2,16)17)15-7-11-5-10(6-14)3-4-12(11)13/h3-5,9,15H,7-8H2,1-2H3. The minimum absolute atomic E-state index is 0.00738. The van der Waals surface area contributed by atoms with Gasteiger partial charge in [0.25, 0.3) is 0 Å². The fourth-order valence-electron chi connectivity index (χ4n) is 1.58. The third-order valence-corrected chi connectivity index (χ3v) is 3.47. The molecule has 0 bridgehead atoms. The molecule has 0 saturated carbocycles. The van der Waals surface area contributed by atoms with E-state index in [0.29, 0.717) is 11.1 Å². The predicted molar refractivity (Wildman–Crippen MR) is 67.1 cm³/mol. The van der Waals surface area contributed by atoms with Crippen LogP contribution in [0.4, 0.5) is 4.39 Å². The van der Waals surface area contributed by atoms with Crippen molar-refractivity contribution in [3.05, 3.63) is 35.1 Å². The van der Waals surface area contributed by atoms with E-state index in [1.54, 1.807) is 6.92 Å². The van der Waals surface area contributed by atoms with Crippen LogP contribution in [0.3, 0.4) is 0 Å². The number of nitrogens with one attached hydrogen (secondary N) is 1. The second-order valence-electron chi connectivity index (χ2n) is 4.29. The van der Waals surface area contributed by atoms with Gasteiger partial charge in [0.2, 0.25) is 0 Å². The Bertz CT molecular complexity index is 564. The van der Waals surface area contributed by atoms with Gasteiger partial charge in [0, 0.05) is 24.4 Å². The first-order valence-corrected chi connectivity index (χ1v) is 7.47. The van der Waals surface area contributed by atoms with Crippen LogP contribution in [0.1, 0.15) is 18.1 Å². The van der Waals surface area contributed by atoms with E-state index in [9.17, 15) is 12.8 Å². The summed E-state index contributed by atoms with van der Waals surface area (Å²) in [5, 5.41) is 11.6. The highest BCUT2D eigenvalue weighted by Gasteiger charge is 2.11. The monoisotopic (exact) mass is 270 g/mol. The molecule has 18 heavy (non-hydrogen) atoms. The molecule has 0 aliphatic heterocycles. The van der Waals surface area contributed by atoms with E-state index in [-0.39, 0.29) is 18.3 Å². The number of benzene rings is 1. The van der Waals surface area contributed by atoms with Gasteiger partial charge in [-0.05, 0) is 25.1 Å². The Kier molecular flexibility index (Phi) is 4.82. The van der Waals surface area contributed by atoms with Crippen molar-refractivity contribution in [3.8, 4) is 6.07 Å². The Hall–Kier alpha value is -1.45. The molecule has 0 radical (unpaired) electrons. The van der Waals surface area contributed by atoms with E-state index in [2.05, 4.69) is 5.32 Å². The summed E-state index contributed by atoms with van der Waals surface area (Å²) in [6.07, 6.45) is 1.15. The largest absolute Gasteiger partial charge is 0.309 e. The van der Waals surface area contributed by atoms with Gasteiger partial charge in [0.05, 0.1) is 17.4 Å². The van der Waals surface area contributed by atoms with Crippen LogP contribution in [0, 0.1) is 17.1 Å². The first-order chi connectivity index (χ1) is 8.31. The van der Waals surface area contributed by atoms with Gasteiger partial charge in [-0.25, -0.2) is 12.8 Å². The highest BCUT2D eigenvalue weighted by molar-refractivity contribution is 7.90. The summed E-state index contributed by atoms with van der Waals surface area (Å²) in [4.78, 5) is 0. The molecule has 0 aromatic heterocycles. The first kappa shape index (κ1) is 14.6. The third-order valence-electron chi connectivity index (χ3n) is 2.37. The smallest absolute Gasteiger partial charge is 0.148 e. The number of halogens is 1. The second kappa shape index (κ2) is 5.94. The SMILES string of the molecule is CC(CS(C)(=O)=O)NCc1cc(C#N)ccc1F. The number of nitriles is 1. The summed E-state index contributed by atoms with van der Waals surface area (Å²) in [7, 11) is -3.06. The fraction of sp³-hybridized carbons (Fsp3) is 0.417. The summed E-state index contributed by atoms with van der Waals surface area (Å²) >= 11 is 0. The van der Waals surface area contributed by atoms with Crippen LogP contribution in [-0.4, -0.2) is 26.5 Å². The molecular weight excluding hydrogens is 255 g/mol. The van der Waals surface area contributed by atoms with Crippen LogP contribution < -0.4 is 5.32 Å². The zero-order chi connectivity index (χ0) is 13.8. The number of rotatable bonds is 5. The molecule has 1 rings (SSSR count). The van der Waals surface area contributed by atoms with Crippen LogP contribution in [-0.2, 0) is 16.4 Å². The number of sulfone groups is 1. The molecule has 0 aliphatic carbocycles. The Morgan fingerprint density at radius 2 is 2.17 bits per heavy atom. The lowest BCUT2D eigenvalue weighted by atomic mass is 10.1. The maximum atomic E-state index is 13.4. The van der Waals surface area contributed by atoms with Crippen molar-refractivity contribution in [2.75, 3.05) is 12.0 Å². The number of hydrogen-bond acceptors (Lipinski definition) is 4. The maximum absolute atomic E-state index is 13.4. The van der Waals surface area contributed by atoms with Crippen molar-refractivity contribution in [2.45, 2.75) is 19.5 Å². The topological polar surface area (TPSA) is 70.0 Å².